The van der Waals surface area contributed by atoms with Gasteiger partial charge < -0.3 is 9.47 Å². The van der Waals surface area contributed by atoms with E-state index in [9.17, 15) is 4.79 Å². The van der Waals surface area contributed by atoms with Crippen molar-refractivity contribution in [1.82, 2.24) is 10.2 Å². The first kappa shape index (κ1) is 17.7. The zero-order chi connectivity index (χ0) is 19.6. The quantitative estimate of drug-likeness (QED) is 0.347. The summed E-state index contributed by atoms with van der Waals surface area (Å²) in [5.74, 6) is 1.55. The second kappa shape index (κ2) is 7.56. The summed E-state index contributed by atoms with van der Waals surface area (Å²) >= 11 is 1.39. The van der Waals surface area contributed by atoms with Crippen molar-refractivity contribution in [3.63, 3.8) is 0 Å². The maximum Gasteiger partial charge on any atom is 0.231 e. The number of benzene rings is 3. The minimum Gasteiger partial charge on any atom is -0.454 e. The lowest BCUT2D eigenvalue weighted by Gasteiger charge is -2.09. The Morgan fingerprint density at radius 1 is 0.862 bits per heavy atom. The number of Topliss-reactive ketones (excluding diaryl/α,β-unsaturated/α-hetero) is 1. The molecule has 0 unspecified atom stereocenters. The first-order valence-electron chi connectivity index (χ1n) is 9.16. The molecule has 6 heteroatoms. The molecule has 0 aliphatic carbocycles. The molecular weight excluding hydrogens is 384 g/mol. The van der Waals surface area contributed by atoms with Crippen molar-refractivity contribution in [3.8, 4) is 22.8 Å². The number of ketones is 1. The Kier molecular flexibility index (Phi) is 4.62. The van der Waals surface area contributed by atoms with E-state index in [-0.39, 0.29) is 18.3 Å². The van der Waals surface area contributed by atoms with Crippen LogP contribution in [0.1, 0.15) is 10.4 Å². The van der Waals surface area contributed by atoms with Crippen LogP contribution in [0.2, 0.25) is 0 Å². The smallest absolute Gasteiger partial charge is 0.231 e. The molecule has 0 amide bonds. The second-order valence-electron chi connectivity index (χ2n) is 6.55. The number of carbonyl (C=O) groups excluding carboxylic acids is 1. The van der Waals surface area contributed by atoms with Gasteiger partial charge in [0.25, 0.3) is 0 Å². The molecule has 0 spiro atoms. The van der Waals surface area contributed by atoms with Gasteiger partial charge >= 0.3 is 0 Å². The Hall–Kier alpha value is -3.38. The van der Waals surface area contributed by atoms with E-state index in [1.165, 1.54) is 11.8 Å². The molecule has 1 aliphatic rings. The monoisotopic (exact) mass is 400 g/mol. The fraction of sp³-hybridized carbons (Fsp3) is 0.0870. The number of nitrogens with zero attached hydrogens (tertiary/aromatic N) is 2. The Balaban J connectivity index is 1.42. The van der Waals surface area contributed by atoms with Crippen LogP contribution in [-0.2, 0) is 0 Å². The highest BCUT2D eigenvalue weighted by atomic mass is 32.2. The molecular formula is C23H16N2O3S. The molecule has 0 N–H and O–H groups in total. The molecule has 1 aliphatic heterocycles. The van der Waals surface area contributed by atoms with Gasteiger partial charge in [0.05, 0.1) is 5.75 Å². The van der Waals surface area contributed by atoms with Crippen molar-refractivity contribution in [2.24, 2.45) is 0 Å². The van der Waals surface area contributed by atoms with Gasteiger partial charge in [0, 0.05) is 21.9 Å². The summed E-state index contributed by atoms with van der Waals surface area (Å²) in [4.78, 5) is 12.7. The Bertz CT molecular complexity index is 1210. The molecule has 1 aromatic heterocycles. The van der Waals surface area contributed by atoms with Crippen LogP contribution in [-0.4, -0.2) is 28.5 Å². The van der Waals surface area contributed by atoms with E-state index in [0.29, 0.717) is 17.1 Å². The fourth-order valence-corrected chi connectivity index (χ4v) is 4.15. The van der Waals surface area contributed by atoms with Crippen molar-refractivity contribution in [1.29, 1.82) is 0 Å². The summed E-state index contributed by atoms with van der Waals surface area (Å²) in [6, 6.07) is 23.3. The number of thioether (sulfide) groups is 1. The van der Waals surface area contributed by atoms with Crippen molar-refractivity contribution >= 4 is 28.3 Å². The van der Waals surface area contributed by atoms with E-state index in [0.717, 1.165) is 27.1 Å². The van der Waals surface area contributed by atoms with Crippen LogP contribution < -0.4 is 9.47 Å². The standard InChI is InChI=1S/C23H16N2O3S/c26-19(16-10-11-20-21(12-16)28-14-27-20)13-29-23-18-9-5-4-8-17(18)22(24-25-23)15-6-2-1-3-7-15/h1-12H,13-14H2. The van der Waals surface area contributed by atoms with E-state index in [1.807, 2.05) is 54.6 Å². The minimum atomic E-state index is 0.00585. The summed E-state index contributed by atoms with van der Waals surface area (Å²) in [7, 11) is 0. The van der Waals surface area contributed by atoms with Crippen LogP contribution in [0.3, 0.4) is 0 Å². The average molecular weight is 400 g/mol. The highest BCUT2D eigenvalue weighted by Gasteiger charge is 2.17. The molecule has 0 atom stereocenters. The van der Waals surface area contributed by atoms with E-state index >= 15 is 0 Å². The maximum absolute atomic E-state index is 12.7. The third-order valence-corrected chi connectivity index (χ3v) is 5.72. The Labute approximate surface area is 171 Å². The molecule has 0 saturated carbocycles. The van der Waals surface area contributed by atoms with E-state index in [1.54, 1.807) is 18.2 Å². The second-order valence-corrected chi connectivity index (χ2v) is 7.51. The van der Waals surface area contributed by atoms with Crippen LogP contribution >= 0.6 is 11.8 Å². The van der Waals surface area contributed by atoms with Crippen molar-refractivity contribution in [3.05, 3.63) is 78.4 Å². The summed E-state index contributed by atoms with van der Waals surface area (Å²) < 4.78 is 10.7. The zero-order valence-corrected chi connectivity index (χ0v) is 16.2. The van der Waals surface area contributed by atoms with Crippen LogP contribution in [0.4, 0.5) is 0 Å². The van der Waals surface area contributed by atoms with Gasteiger partial charge in [0.15, 0.2) is 17.3 Å². The lowest BCUT2D eigenvalue weighted by molar-refractivity contribution is 0.102. The number of hydrogen-bond donors (Lipinski definition) is 0. The van der Waals surface area contributed by atoms with E-state index < -0.39 is 0 Å². The molecule has 2 heterocycles. The molecule has 3 aromatic carbocycles. The van der Waals surface area contributed by atoms with Crippen molar-refractivity contribution in [2.75, 3.05) is 12.5 Å². The van der Waals surface area contributed by atoms with Crippen LogP contribution in [0.5, 0.6) is 11.5 Å². The highest BCUT2D eigenvalue weighted by molar-refractivity contribution is 8.00. The van der Waals surface area contributed by atoms with Crippen LogP contribution in [0.25, 0.3) is 22.0 Å². The van der Waals surface area contributed by atoms with Crippen LogP contribution in [0, 0.1) is 0 Å². The number of carbonyl (C=O) groups is 1. The molecule has 142 valence electrons. The van der Waals surface area contributed by atoms with E-state index in [4.69, 9.17) is 9.47 Å². The predicted molar refractivity (Wildman–Crippen MR) is 113 cm³/mol. The molecule has 4 aromatic rings. The molecule has 0 bridgehead atoms. The van der Waals surface area contributed by atoms with Gasteiger partial charge in [-0.15, -0.1) is 10.2 Å². The molecule has 29 heavy (non-hydrogen) atoms. The third-order valence-electron chi connectivity index (χ3n) is 4.74. The van der Waals surface area contributed by atoms with Gasteiger partial charge in [0.1, 0.15) is 10.7 Å². The number of ether oxygens (including phenoxy) is 2. The molecule has 0 saturated heterocycles. The van der Waals surface area contributed by atoms with Crippen molar-refractivity contribution < 1.29 is 14.3 Å². The highest BCUT2D eigenvalue weighted by Crippen LogP contribution is 2.34. The molecule has 5 rings (SSSR count). The molecule has 0 radical (unpaired) electrons. The largest absolute Gasteiger partial charge is 0.454 e. The molecule has 5 nitrogen and oxygen atoms in total. The van der Waals surface area contributed by atoms with Crippen molar-refractivity contribution in [2.45, 2.75) is 5.03 Å². The lowest BCUT2D eigenvalue weighted by Crippen LogP contribution is -2.03. The predicted octanol–water partition coefficient (Wildman–Crippen LogP) is 5.00. The SMILES string of the molecule is O=C(CSc1nnc(-c2ccccc2)c2ccccc12)c1ccc2c(c1)OCO2. The lowest BCUT2D eigenvalue weighted by atomic mass is 10.1. The van der Waals surface area contributed by atoms with Gasteiger partial charge in [-0.05, 0) is 18.2 Å². The Morgan fingerprint density at radius 3 is 2.48 bits per heavy atom. The van der Waals surface area contributed by atoms with Gasteiger partial charge in [-0.1, -0.05) is 66.4 Å². The summed E-state index contributed by atoms with van der Waals surface area (Å²) in [6.07, 6.45) is 0. The first-order valence-corrected chi connectivity index (χ1v) is 10.1. The topological polar surface area (TPSA) is 61.3 Å². The normalized spacial score (nSPS) is 12.3. The van der Waals surface area contributed by atoms with Gasteiger partial charge in [-0.25, -0.2) is 0 Å². The zero-order valence-electron chi connectivity index (χ0n) is 15.4. The number of aromatic nitrogens is 2. The van der Waals surface area contributed by atoms with E-state index in [2.05, 4.69) is 10.2 Å². The minimum absolute atomic E-state index is 0.00585. The van der Waals surface area contributed by atoms with Gasteiger partial charge in [0.2, 0.25) is 6.79 Å². The summed E-state index contributed by atoms with van der Waals surface area (Å²) in [6.45, 7) is 0.192. The average Bonchev–Trinajstić information content (AvgIpc) is 3.26. The number of hydrogen-bond acceptors (Lipinski definition) is 6. The first-order chi connectivity index (χ1) is 14.3. The summed E-state index contributed by atoms with van der Waals surface area (Å²) in [5, 5.41) is 11.6. The summed E-state index contributed by atoms with van der Waals surface area (Å²) in [5.41, 5.74) is 2.46. The maximum atomic E-state index is 12.7. The van der Waals surface area contributed by atoms with Gasteiger partial charge in [-0.2, -0.15) is 0 Å². The van der Waals surface area contributed by atoms with Gasteiger partial charge in [-0.3, -0.25) is 4.79 Å². The number of rotatable bonds is 5. The fourth-order valence-electron chi connectivity index (χ4n) is 3.28. The third kappa shape index (κ3) is 3.43. The Morgan fingerprint density at radius 2 is 1.62 bits per heavy atom. The van der Waals surface area contributed by atoms with Crippen LogP contribution in [0.15, 0.2) is 77.8 Å². The molecule has 0 fully saturated rings. The number of fused-ring (bicyclic) bond motifs is 2.